The fourth-order valence-electron chi connectivity index (χ4n) is 5.07. The Hall–Kier alpha value is -3.28. The molecule has 0 radical (unpaired) electrons. The van der Waals surface area contributed by atoms with Crippen LogP contribution in [-0.4, -0.2) is 28.3 Å². The smallest absolute Gasteiger partial charge is 0.147 e. The summed E-state index contributed by atoms with van der Waals surface area (Å²) in [6.07, 6.45) is 7.85. The van der Waals surface area contributed by atoms with Gasteiger partial charge in [0.15, 0.2) is 0 Å². The number of piperidine rings is 1. The van der Waals surface area contributed by atoms with Crippen molar-refractivity contribution >= 4 is 46.2 Å². The van der Waals surface area contributed by atoms with Gasteiger partial charge in [0.1, 0.15) is 29.6 Å². The average molecular weight is 612 g/mol. The molecule has 1 aliphatic heterocycles. The van der Waals surface area contributed by atoms with Gasteiger partial charge in [0.05, 0.1) is 32.9 Å². The molecular weight excluding hydrogens is 583 g/mol. The summed E-state index contributed by atoms with van der Waals surface area (Å²) < 4.78 is 11.9. The molecule has 2 aromatic heterocycles. The summed E-state index contributed by atoms with van der Waals surface area (Å²) in [5, 5.41) is 26.3. The molecule has 3 aromatic rings. The molecule has 41 heavy (non-hydrogen) atoms. The van der Waals surface area contributed by atoms with Gasteiger partial charge in [-0.15, -0.1) is 0 Å². The van der Waals surface area contributed by atoms with Crippen LogP contribution in [0.5, 0.6) is 5.75 Å². The molecule has 3 heterocycles. The van der Waals surface area contributed by atoms with Crippen LogP contribution in [0, 0.1) is 11.3 Å². The zero-order valence-electron chi connectivity index (χ0n) is 22.5. The van der Waals surface area contributed by atoms with Gasteiger partial charge in [-0.1, -0.05) is 58.7 Å². The molecule has 2 fully saturated rings. The van der Waals surface area contributed by atoms with Crippen molar-refractivity contribution in [3.63, 3.8) is 0 Å². The number of aliphatic hydroxyl groups is 1. The molecular formula is C31H29Cl3N4O3. The van der Waals surface area contributed by atoms with Crippen LogP contribution < -0.4 is 9.64 Å². The summed E-state index contributed by atoms with van der Waals surface area (Å²) in [5.41, 5.74) is 1.96. The zero-order valence-corrected chi connectivity index (χ0v) is 24.8. The number of benzene rings is 1. The highest BCUT2D eigenvalue weighted by Gasteiger charge is 2.37. The van der Waals surface area contributed by atoms with Crippen molar-refractivity contribution in [2.75, 3.05) is 18.0 Å². The first-order chi connectivity index (χ1) is 19.8. The summed E-state index contributed by atoms with van der Waals surface area (Å²) >= 11 is 19.7. The van der Waals surface area contributed by atoms with Crippen molar-refractivity contribution in [1.82, 2.24) is 10.1 Å². The van der Waals surface area contributed by atoms with Crippen LogP contribution >= 0.6 is 34.8 Å². The van der Waals surface area contributed by atoms with E-state index in [1.54, 1.807) is 36.5 Å². The predicted molar refractivity (Wildman–Crippen MR) is 161 cm³/mol. The van der Waals surface area contributed by atoms with Crippen LogP contribution in [0.4, 0.5) is 5.82 Å². The van der Waals surface area contributed by atoms with Gasteiger partial charge in [0.2, 0.25) is 0 Å². The molecule has 0 spiro atoms. The highest BCUT2D eigenvalue weighted by Crippen LogP contribution is 2.45. The van der Waals surface area contributed by atoms with Crippen LogP contribution in [-0.2, 0) is 12.2 Å². The number of allylic oxidation sites excluding steroid dienone is 5. The largest absolute Gasteiger partial charge is 0.489 e. The minimum Gasteiger partial charge on any atom is -0.489 e. The van der Waals surface area contributed by atoms with Gasteiger partial charge < -0.3 is 19.3 Å². The lowest BCUT2D eigenvalue weighted by molar-refractivity contribution is 0.0117. The Bertz CT molecular complexity index is 1560. The summed E-state index contributed by atoms with van der Waals surface area (Å²) in [6, 6.07) is 10.9. The van der Waals surface area contributed by atoms with Gasteiger partial charge in [-0.05, 0) is 62.9 Å². The first-order valence-corrected chi connectivity index (χ1v) is 14.5. The quantitative estimate of drug-likeness (QED) is 0.247. The van der Waals surface area contributed by atoms with E-state index in [1.807, 2.05) is 13.0 Å². The first kappa shape index (κ1) is 29.2. The Labute approximate surface area is 254 Å². The molecule has 1 saturated carbocycles. The fourth-order valence-corrected chi connectivity index (χ4v) is 5.84. The van der Waals surface area contributed by atoms with Crippen molar-refractivity contribution in [3.05, 3.63) is 98.5 Å². The molecule has 10 heteroatoms. The lowest BCUT2D eigenvalue weighted by Crippen LogP contribution is -2.43. The van der Waals surface area contributed by atoms with Crippen LogP contribution in [0.15, 0.2) is 69.8 Å². The standard InChI is InChI=1S/C31H29Cl3N4O3/c1-3-24(32)28(25(33)4-2)29-22(30(41-37-29)20-5-6-20)18-40-21-7-8-23(26(34)16-21)31(39)10-13-38(14-11-31)27-15-19(17-35)9-12-36-27/h3-4,7-9,12,15-16,20,39H,1,5-6,10-11,13-14,18H2,2H3/b25-4+,28-24-. The number of rotatable bonds is 9. The number of aromatic nitrogens is 2. The van der Waals surface area contributed by atoms with E-state index in [9.17, 15) is 10.4 Å². The summed E-state index contributed by atoms with van der Waals surface area (Å²) in [7, 11) is 0. The van der Waals surface area contributed by atoms with Gasteiger partial charge >= 0.3 is 0 Å². The monoisotopic (exact) mass is 610 g/mol. The van der Waals surface area contributed by atoms with Gasteiger partial charge in [-0.3, -0.25) is 0 Å². The van der Waals surface area contributed by atoms with Crippen LogP contribution in [0.2, 0.25) is 5.02 Å². The molecule has 1 aliphatic carbocycles. The molecule has 1 aromatic carbocycles. The molecule has 5 rings (SSSR count). The summed E-state index contributed by atoms with van der Waals surface area (Å²) in [6.45, 7) is 6.91. The van der Waals surface area contributed by atoms with Crippen LogP contribution in [0.1, 0.15) is 66.7 Å². The Balaban J connectivity index is 1.33. The second kappa shape index (κ2) is 12.3. The molecule has 2 aliphatic rings. The fraction of sp³-hybridized carbons (Fsp3) is 0.323. The Morgan fingerprint density at radius 2 is 2.02 bits per heavy atom. The maximum atomic E-state index is 11.5. The lowest BCUT2D eigenvalue weighted by Gasteiger charge is -2.39. The summed E-state index contributed by atoms with van der Waals surface area (Å²) in [4.78, 5) is 6.45. The van der Waals surface area contributed by atoms with Crippen LogP contribution in [0.3, 0.4) is 0 Å². The molecule has 0 amide bonds. The number of nitrogens with zero attached hydrogens (tertiary/aromatic N) is 4. The van der Waals surface area contributed by atoms with Gasteiger partial charge in [-0.25, -0.2) is 4.98 Å². The van der Waals surface area contributed by atoms with E-state index in [0.29, 0.717) is 69.2 Å². The lowest BCUT2D eigenvalue weighted by atomic mass is 9.84. The molecule has 212 valence electrons. The van der Waals surface area contributed by atoms with E-state index in [0.717, 1.165) is 30.0 Å². The third-order valence-electron chi connectivity index (χ3n) is 7.53. The third kappa shape index (κ3) is 6.17. The molecule has 7 nitrogen and oxygen atoms in total. The van der Waals surface area contributed by atoms with Gasteiger partial charge in [-0.2, -0.15) is 5.26 Å². The maximum Gasteiger partial charge on any atom is 0.147 e. The van der Waals surface area contributed by atoms with Gasteiger partial charge in [0, 0.05) is 41.4 Å². The molecule has 0 atom stereocenters. The molecule has 0 unspecified atom stereocenters. The predicted octanol–water partition coefficient (Wildman–Crippen LogP) is 7.82. The number of hydrogen-bond donors (Lipinski definition) is 1. The minimum atomic E-state index is -1.09. The van der Waals surface area contributed by atoms with Crippen molar-refractivity contribution in [1.29, 1.82) is 5.26 Å². The minimum absolute atomic E-state index is 0.174. The van der Waals surface area contributed by atoms with Crippen molar-refractivity contribution in [2.24, 2.45) is 0 Å². The normalized spacial score (nSPS) is 17.6. The SMILES string of the molecule is C=C/C(Cl)=C(\C(Cl)=C/C)c1noc(C2CC2)c1COc1ccc(C2(O)CCN(c3cc(C#N)ccn3)CC2)c(Cl)c1. The first-order valence-electron chi connectivity index (χ1n) is 13.4. The van der Waals surface area contributed by atoms with E-state index >= 15 is 0 Å². The number of halogens is 3. The van der Waals surface area contributed by atoms with Crippen molar-refractivity contribution in [3.8, 4) is 11.8 Å². The maximum absolute atomic E-state index is 11.5. The number of anilines is 1. The molecule has 1 N–H and O–H groups in total. The highest BCUT2D eigenvalue weighted by molar-refractivity contribution is 6.42. The second-order valence-corrected chi connectivity index (χ2v) is 11.4. The molecule has 0 bridgehead atoms. The second-order valence-electron chi connectivity index (χ2n) is 10.2. The van der Waals surface area contributed by atoms with Crippen LogP contribution in [0.25, 0.3) is 5.57 Å². The number of ether oxygens (including phenoxy) is 1. The number of pyridine rings is 1. The van der Waals surface area contributed by atoms with E-state index in [-0.39, 0.29) is 12.5 Å². The summed E-state index contributed by atoms with van der Waals surface area (Å²) in [5.74, 6) is 2.32. The number of nitriles is 1. The Morgan fingerprint density at radius 3 is 2.66 bits per heavy atom. The Morgan fingerprint density at radius 1 is 1.27 bits per heavy atom. The Kier molecular flexibility index (Phi) is 8.77. The van der Waals surface area contributed by atoms with E-state index in [1.165, 1.54) is 6.08 Å². The third-order valence-corrected chi connectivity index (χ3v) is 8.59. The number of hydrogen-bond acceptors (Lipinski definition) is 7. The van der Waals surface area contributed by atoms with E-state index in [4.69, 9.17) is 44.1 Å². The van der Waals surface area contributed by atoms with Crippen molar-refractivity contribution < 1.29 is 14.4 Å². The highest BCUT2D eigenvalue weighted by atomic mass is 35.5. The zero-order chi connectivity index (χ0) is 29.1. The van der Waals surface area contributed by atoms with Crippen molar-refractivity contribution in [2.45, 2.75) is 50.7 Å². The van der Waals surface area contributed by atoms with Gasteiger partial charge in [0.25, 0.3) is 0 Å². The van der Waals surface area contributed by atoms with E-state index in [2.05, 4.69) is 27.7 Å². The van der Waals surface area contributed by atoms with E-state index < -0.39 is 5.60 Å². The average Bonchev–Trinajstić information content (AvgIpc) is 3.76. The topological polar surface area (TPSA) is 95.4 Å². The molecule has 1 saturated heterocycles.